The second-order valence-electron chi connectivity index (χ2n) is 2.96. The zero-order valence-electron chi connectivity index (χ0n) is 7.57. The molecule has 0 atom stereocenters. The van der Waals surface area contributed by atoms with E-state index in [1.54, 1.807) is 6.07 Å². The maximum atomic E-state index is 12.8. The van der Waals surface area contributed by atoms with Crippen LogP contribution in [0.2, 0.25) is 0 Å². The van der Waals surface area contributed by atoms with E-state index >= 15 is 0 Å². The first-order valence-electron chi connectivity index (χ1n) is 4.24. The molecule has 0 spiro atoms. The van der Waals surface area contributed by atoms with Gasteiger partial charge in [-0.15, -0.1) is 0 Å². The fourth-order valence-electron chi connectivity index (χ4n) is 1.24. The molecular formula is C11H6FO3-. The lowest BCUT2D eigenvalue weighted by atomic mass is 10.2. The molecule has 1 heterocycles. The predicted molar refractivity (Wildman–Crippen MR) is 48.4 cm³/mol. The molecule has 0 amide bonds. The average Bonchev–Trinajstić information content (AvgIpc) is 2.66. The Bertz CT molecular complexity index is 502. The summed E-state index contributed by atoms with van der Waals surface area (Å²) in [5, 5.41) is 10.4. The van der Waals surface area contributed by atoms with Crippen LogP contribution in [0.5, 0.6) is 0 Å². The van der Waals surface area contributed by atoms with Gasteiger partial charge in [0, 0.05) is 5.56 Å². The second-order valence-corrected chi connectivity index (χ2v) is 2.96. The van der Waals surface area contributed by atoms with Gasteiger partial charge in [-0.2, -0.15) is 0 Å². The van der Waals surface area contributed by atoms with Crippen molar-refractivity contribution < 1.29 is 18.7 Å². The Kier molecular flexibility index (Phi) is 2.25. The number of aromatic carboxylic acids is 1. The van der Waals surface area contributed by atoms with E-state index < -0.39 is 11.8 Å². The molecule has 0 fully saturated rings. The normalized spacial score (nSPS) is 10.2. The van der Waals surface area contributed by atoms with Gasteiger partial charge >= 0.3 is 0 Å². The Morgan fingerprint density at radius 2 is 2.07 bits per heavy atom. The van der Waals surface area contributed by atoms with Crippen molar-refractivity contribution in [3.05, 3.63) is 48.0 Å². The summed E-state index contributed by atoms with van der Waals surface area (Å²) < 4.78 is 17.8. The fraction of sp³-hybridized carbons (Fsp3) is 0. The summed E-state index contributed by atoms with van der Waals surface area (Å²) in [7, 11) is 0. The number of furan rings is 1. The van der Waals surface area contributed by atoms with Crippen LogP contribution in [0.4, 0.5) is 4.39 Å². The van der Waals surface area contributed by atoms with Crippen LogP contribution in [-0.4, -0.2) is 5.97 Å². The first kappa shape index (κ1) is 9.45. The van der Waals surface area contributed by atoms with Gasteiger partial charge in [-0.1, -0.05) is 12.1 Å². The fourth-order valence-corrected chi connectivity index (χ4v) is 1.24. The summed E-state index contributed by atoms with van der Waals surface area (Å²) in [5.41, 5.74) is 0.488. The van der Waals surface area contributed by atoms with Crippen molar-refractivity contribution in [2.24, 2.45) is 0 Å². The number of hydrogen-bond acceptors (Lipinski definition) is 3. The summed E-state index contributed by atoms with van der Waals surface area (Å²) in [5.74, 6) is -1.76. The molecule has 0 radical (unpaired) electrons. The smallest absolute Gasteiger partial charge is 0.150 e. The SMILES string of the molecule is O=C([O-])c1ccc(-c2cccc(F)c2)o1. The molecule has 4 heteroatoms. The van der Waals surface area contributed by atoms with Gasteiger partial charge in [-0.05, 0) is 24.3 Å². The Labute approximate surface area is 84.8 Å². The predicted octanol–water partition coefficient (Wildman–Crippen LogP) is 1.45. The summed E-state index contributed by atoms with van der Waals surface area (Å²) >= 11 is 0. The third-order valence-corrected chi connectivity index (χ3v) is 1.92. The van der Waals surface area contributed by atoms with Crippen molar-refractivity contribution in [2.45, 2.75) is 0 Å². The Morgan fingerprint density at radius 3 is 2.67 bits per heavy atom. The molecule has 15 heavy (non-hydrogen) atoms. The highest BCUT2D eigenvalue weighted by atomic mass is 19.1. The first-order valence-corrected chi connectivity index (χ1v) is 4.24. The molecule has 2 aromatic rings. The lowest BCUT2D eigenvalue weighted by Crippen LogP contribution is -2.21. The van der Waals surface area contributed by atoms with E-state index in [1.807, 2.05) is 0 Å². The van der Waals surface area contributed by atoms with Crippen LogP contribution in [0, 0.1) is 5.82 Å². The van der Waals surface area contributed by atoms with Crippen molar-refractivity contribution in [1.29, 1.82) is 0 Å². The van der Waals surface area contributed by atoms with Gasteiger partial charge in [0.2, 0.25) is 0 Å². The third-order valence-electron chi connectivity index (χ3n) is 1.92. The summed E-state index contributed by atoms with van der Waals surface area (Å²) in [6.45, 7) is 0. The number of hydrogen-bond donors (Lipinski definition) is 0. The van der Waals surface area contributed by atoms with Gasteiger partial charge in [0.25, 0.3) is 0 Å². The standard InChI is InChI=1S/C11H7FO3/c12-8-3-1-2-7(6-8)9-4-5-10(15-9)11(13)14/h1-6H,(H,13,14)/p-1. The van der Waals surface area contributed by atoms with Gasteiger partial charge < -0.3 is 14.3 Å². The van der Waals surface area contributed by atoms with Crippen LogP contribution in [0.3, 0.4) is 0 Å². The van der Waals surface area contributed by atoms with Crippen molar-refractivity contribution in [3.8, 4) is 11.3 Å². The molecule has 0 N–H and O–H groups in total. The number of carbonyl (C=O) groups excluding carboxylic acids is 1. The molecule has 76 valence electrons. The van der Waals surface area contributed by atoms with E-state index in [-0.39, 0.29) is 5.76 Å². The zero-order chi connectivity index (χ0) is 10.8. The molecule has 0 aliphatic carbocycles. The summed E-state index contributed by atoms with van der Waals surface area (Å²) in [6, 6.07) is 8.44. The minimum absolute atomic E-state index is 0.269. The molecule has 0 saturated heterocycles. The van der Waals surface area contributed by atoms with Gasteiger partial charge in [-0.3, -0.25) is 0 Å². The zero-order valence-corrected chi connectivity index (χ0v) is 7.57. The van der Waals surface area contributed by atoms with Crippen molar-refractivity contribution >= 4 is 5.97 Å². The number of carboxylic acid groups (broad SMARTS) is 1. The summed E-state index contributed by atoms with van der Waals surface area (Å²) in [4.78, 5) is 10.4. The maximum Gasteiger partial charge on any atom is 0.150 e. The van der Waals surface area contributed by atoms with Gasteiger partial charge in [0.15, 0.2) is 0 Å². The number of carbonyl (C=O) groups is 1. The van der Waals surface area contributed by atoms with Crippen LogP contribution in [-0.2, 0) is 0 Å². The van der Waals surface area contributed by atoms with Crippen molar-refractivity contribution in [1.82, 2.24) is 0 Å². The maximum absolute atomic E-state index is 12.8. The molecule has 3 nitrogen and oxygen atoms in total. The van der Waals surface area contributed by atoms with Gasteiger partial charge in [-0.25, -0.2) is 4.39 Å². The molecule has 0 saturated carbocycles. The minimum atomic E-state index is -1.39. The lowest BCUT2D eigenvalue weighted by molar-refractivity contribution is -0.257. The molecule has 1 aromatic carbocycles. The number of carboxylic acids is 1. The summed E-state index contributed by atoms with van der Waals surface area (Å²) in [6.07, 6.45) is 0. The lowest BCUT2D eigenvalue weighted by Gasteiger charge is -1.98. The highest BCUT2D eigenvalue weighted by Gasteiger charge is 2.05. The van der Waals surface area contributed by atoms with E-state index in [1.165, 1.54) is 30.3 Å². The van der Waals surface area contributed by atoms with Crippen LogP contribution < -0.4 is 5.11 Å². The first-order chi connectivity index (χ1) is 7.16. The van der Waals surface area contributed by atoms with E-state index in [9.17, 15) is 14.3 Å². The molecule has 2 rings (SSSR count). The molecule has 0 bridgehead atoms. The Balaban J connectivity index is 2.41. The van der Waals surface area contributed by atoms with E-state index in [0.717, 1.165) is 0 Å². The largest absolute Gasteiger partial charge is 0.542 e. The van der Waals surface area contributed by atoms with E-state index in [4.69, 9.17) is 4.42 Å². The number of benzene rings is 1. The van der Waals surface area contributed by atoms with Gasteiger partial charge in [0.1, 0.15) is 23.3 Å². The molecular weight excluding hydrogens is 199 g/mol. The number of halogens is 1. The molecule has 0 aliphatic heterocycles. The quantitative estimate of drug-likeness (QED) is 0.745. The monoisotopic (exact) mass is 205 g/mol. The van der Waals surface area contributed by atoms with Crippen molar-refractivity contribution in [2.75, 3.05) is 0 Å². The topological polar surface area (TPSA) is 53.3 Å². The van der Waals surface area contributed by atoms with Crippen LogP contribution in [0.15, 0.2) is 40.8 Å². The Hall–Kier alpha value is -2.10. The number of rotatable bonds is 2. The Morgan fingerprint density at radius 1 is 1.27 bits per heavy atom. The highest BCUT2D eigenvalue weighted by Crippen LogP contribution is 2.22. The highest BCUT2D eigenvalue weighted by molar-refractivity contribution is 5.83. The van der Waals surface area contributed by atoms with Crippen molar-refractivity contribution in [3.63, 3.8) is 0 Å². The molecule has 0 unspecified atom stereocenters. The average molecular weight is 205 g/mol. The molecule has 0 aliphatic rings. The minimum Gasteiger partial charge on any atom is -0.542 e. The van der Waals surface area contributed by atoms with Crippen LogP contribution in [0.1, 0.15) is 10.6 Å². The van der Waals surface area contributed by atoms with E-state index in [0.29, 0.717) is 11.3 Å². The van der Waals surface area contributed by atoms with Crippen LogP contribution >= 0.6 is 0 Å². The third kappa shape index (κ3) is 1.88. The second kappa shape index (κ2) is 3.57. The van der Waals surface area contributed by atoms with E-state index in [2.05, 4.69) is 0 Å². The molecule has 1 aromatic heterocycles. The van der Waals surface area contributed by atoms with Gasteiger partial charge in [0.05, 0.1) is 0 Å². The van der Waals surface area contributed by atoms with Crippen LogP contribution in [0.25, 0.3) is 11.3 Å².